The maximum atomic E-state index is 4.39. The minimum atomic E-state index is 1.01. The van der Waals surface area contributed by atoms with E-state index in [2.05, 4.69) is 23.0 Å². The topological polar surface area (TPSA) is 25.8 Å². The molecule has 2 nitrogen and oxygen atoms in total. The van der Waals surface area contributed by atoms with Crippen LogP contribution in [0.3, 0.4) is 0 Å². The van der Waals surface area contributed by atoms with Gasteiger partial charge in [-0.1, -0.05) is 0 Å². The summed E-state index contributed by atoms with van der Waals surface area (Å²) in [4.78, 5) is 9.60. The van der Waals surface area contributed by atoms with Crippen molar-refractivity contribution in [3.05, 3.63) is 22.8 Å². The fourth-order valence-corrected chi connectivity index (χ4v) is 1.67. The van der Waals surface area contributed by atoms with Gasteiger partial charge in [-0.25, -0.2) is 9.97 Å². The van der Waals surface area contributed by atoms with Gasteiger partial charge in [-0.15, -0.1) is 11.3 Å². The van der Waals surface area contributed by atoms with Gasteiger partial charge in [0.05, 0.1) is 5.51 Å². The molecule has 3 heteroatoms. The zero-order valence-corrected chi connectivity index (χ0v) is 7.27. The highest BCUT2D eigenvalue weighted by Gasteiger charge is 2.00. The van der Waals surface area contributed by atoms with Gasteiger partial charge in [0, 0.05) is 5.69 Å². The Morgan fingerprint density at radius 2 is 2.18 bits per heavy atom. The lowest BCUT2D eigenvalue weighted by molar-refractivity contribution is 1.20. The fourth-order valence-electron chi connectivity index (χ4n) is 0.981. The molecule has 0 saturated carbocycles. The van der Waals surface area contributed by atoms with Crippen LogP contribution in [-0.2, 0) is 0 Å². The number of thiazole rings is 1. The van der Waals surface area contributed by atoms with Crippen LogP contribution in [0.25, 0.3) is 10.3 Å². The highest BCUT2D eigenvalue weighted by Crippen LogP contribution is 2.17. The molecule has 2 aromatic rings. The molecule has 11 heavy (non-hydrogen) atoms. The zero-order valence-electron chi connectivity index (χ0n) is 6.46. The normalized spacial score (nSPS) is 10.7. The monoisotopic (exact) mass is 164 g/mol. The molecule has 0 fully saturated rings. The molecular formula is C8H8N2S. The van der Waals surface area contributed by atoms with Crippen molar-refractivity contribution in [3.8, 4) is 0 Å². The minimum Gasteiger partial charge on any atom is -0.243 e. The van der Waals surface area contributed by atoms with Gasteiger partial charge < -0.3 is 0 Å². The third-order valence-electron chi connectivity index (χ3n) is 1.77. The standard InChI is InChI=1S/C8H8N2S/c1-5-3-7-8(10-6(5)2)11-4-9-7/h3-4H,1-2H3. The van der Waals surface area contributed by atoms with E-state index in [-0.39, 0.29) is 0 Å². The van der Waals surface area contributed by atoms with E-state index in [0.29, 0.717) is 0 Å². The molecule has 0 aliphatic carbocycles. The molecule has 0 aliphatic rings. The lowest BCUT2D eigenvalue weighted by atomic mass is 10.2. The quantitative estimate of drug-likeness (QED) is 0.597. The Morgan fingerprint density at radius 1 is 1.36 bits per heavy atom. The van der Waals surface area contributed by atoms with Crippen LogP contribution in [0.5, 0.6) is 0 Å². The van der Waals surface area contributed by atoms with Crippen LogP contribution in [0.1, 0.15) is 11.3 Å². The molecule has 0 aromatic carbocycles. The molecule has 0 aliphatic heterocycles. The van der Waals surface area contributed by atoms with E-state index >= 15 is 0 Å². The summed E-state index contributed by atoms with van der Waals surface area (Å²) in [5.41, 5.74) is 5.15. The Balaban J connectivity index is 2.86. The van der Waals surface area contributed by atoms with Crippen LogP contribution in [0.4, 0.5) is 0 Å². The molecule has 0 bridgehead atoms. The van der Waals surface area contributed by atoms with Crippen molar-refractivity contribution in [2.75, 3.05) is 0 Å². The number of nitrogens with zero attached hydrogens (tertiary/aromatic N) is 2. The van der Waals surface area contributed by atoms with E-state index in [1.54, 1.807) is 11.3 Å². The van der Waals surface area contributed by atoms with E-state index in [1.165, 1.54) is 5.56 Å². The SMILES string of the molecule is Cc1cc2ncsc2nc1C. The van der Waals surface area contributed by atoms with Gasteiger partial charge in [0.1, 0.15) is 10.3 Å². The molecule has 56 valence electrons. The third-order valence-corrected chi connectivity index (χ3v) is 2.50. The Labute approximate surface area is 68.9 Å². The second-order valence-corrected chi connectivity index (χ2v) is 3.40. The second kappa shape index (κ2) is 2.27. The Hall–Kier alpha value is -0.960. The van der Waals surface area contributed by atoms with Gasteiger partial charge in [-0.3, -0.25) is 0 Å². The summed E-state index contributed by atoms with van der Waals surface area (Å²) in [6, 6.07) is 2.08. The molecule has 2 heterocycles. The van der Waals surface area contributed by atoms with Crippen molar-refractivity contribution >= 4 is 21.7 Å². The average molecular weight is 164 g/mol. The Kier molecular flexibility index (Phi) is 1.39. The van der Waals surface area contributed by atoms with Gasteiger partial charge in [-0.05, 0) is 25.5 Å². The number of aromatic nitrogens is 2. The fraction of sp³-hybridized carbons (Fsp3) is 0.250. The highest BCUT2D eigenvalue weighted by atomic mass is 32.1. The van der Waals surface area contributed by atoms with Crippen LogP contribution in [-0.4, -0.2) is 9.97 Å². The van der Waals surface area contributed by atoms with Crippen LogP contribution in [0.2, 0.25) is 0 Å². The van der Waals surface area contributed by atoms with Crippen molar-refractivity contribution < 1.29 is 0 Å². The van der Waals surface area contributed by atoms with E-state index in [4.69, 9.17) is 0 Å². The lowest BCUT2D eigenvalue weighted by Crippen LogP contribution is -1.84. The maximum absolute atomic E-state index is 4.39. The first kappa shape index (κ1) is 6.73. The van der Waals surface area contributed by atoms with Gasteiger partial charge >= 0.3 is 0 Å². The molecule has 0 spiro atoms. The molecule has 0 atom stereocenters. The molecule has 0 radical (unpaired) electrons. The summed E-state index contributed by atoms with van der Waals surface area (Å²) in [5.74, 6) is 0. The van der Waals surface area contributed by atoms with E-state index in [9.17, 15) is 0 Å². The summed E-state index contributed by atoms with van der Waals surface area (Å²) in [5, 5.41) is 0. The largest absolute Gasteiger partial charge is 0.243 e. The maximum Gasteiger partial charge on any atom is 0.143 e. The molecule has 2 aromatic heterocycles. The predicted octanol–water partition coefficient (Wildman–Crippen LogP) is 2.31. The van der Waals surface area contributed by atoms with Gasteiger partial charge in [0.15, 0.2) is 0 Å². The molecule has 0 unspecified atom stereocenters. The van der Waals surface area contributed by atoms with Crippen molar-refractivity contribution in [3.63, 3.8) is 0 Å². The summed E-state index contributed by atoms with van der Waals surface area (Å²) < 4.78 is 0. The summed E-state index contributed by atoms with van der Waals surface area (Å²) in [7, 11) is 0. The van der Waals surface area contributed by atoms with Crippen molar-refractivity contribution in [2.45, 2.75) is 13.8 Å². The van der Waals surface area contributed by atoms with Gasteiger partial charge in [-0.2, -0.15) is 0 Å². The van der Waals surface area contributed by atoms with Crippen LogP contribution < -0.4 is 0 Å². The molecule has 2 rings (SSSR count). The zero-order chi connectivity index (χ0) is 7.84. The lowest BCUT2D eigenvalue weighted by Gasteiger charge is -1.95. The van der Waals surface area contributed by atoms with Crippen LogP contribution in [0.15, 0.2) is 11.6 Å². The first-order chi connectivity index (χ1) is 5.27. The number of rotatable bonds is 0. The number of aryl methyl sites for hydroxylation is 2. The second-order valence-electron chi connectivity index (χ2n) is 2.57. The van der Waals surface area contributed by atoms with Gasteiger partial charge in [0.25, 0.3) is 0 Å². The minimum absolute atomic E-state index is 1.01. The van der Waals surface area contributed by atoms with Crippen LogP contribution >= 0.6 is 11.3 Å². The Bertz CT molecular complexity index is 356. The number of pyridine rings is 1. The third kappa shape index (κ3) is 1.01. The molecule has 0 amide bonds. The number of hydrogen-bond donors (Lipinski definition) is 0. The summed E-state index contributed by atoms with van der Waals surface area (Å²) in [6.07, 6.45) is 0. The molecular weight excluding hydrogens is 156 g/mol. The predicted molar refractivity (Wildman–Crippen MR) is 46.9 cm³/mol. The van der Waals surface area contributed by atoms with Crippen molar-refractivity contribution in [1.29, 1.82) is 0 Å². The number of fused-ring (bicyclic) bond motifs is 1. The van der Waals surface area contributed by atoms with Crippen molar-refractivity contribution in [2.24, 2.45) is 0 Å². The van der Waals surface area contributed by atoms with Crippen molar-refractivity contribution in [1.82, 2.24) is 9.97 Å². The highest BCUT2D eigenvalue weighted by molar-refractivity contribution is 7.16. The number of hydrogen-bond acceptors (Lipinski definition) is 3. The first-order valence-electron chi connectivity index (χ1n) is 3.45. The van der Waals surface area contributed by atoms with E-state index in [1.807, 2.05) is 12.4 Å². The van der Waals surface area contributed by atoms with E-state index in [0.717, 1.165) is 16.0 Å². The van der Waals surface area contributed by atoms with Gasteiger partial charge in [0.2, 0.25) is 0 Å². The Morgan fingerprint density at radius 3 is 3.00 bits per heavy atom. The summed E-state index contributed by atoms with van der Waals surface area (Å²) in [6.45, 7) is 4.08. The average Bonchev–Trinajstić information content (AvgIpc) is 2.36. The summed E-state index contributed by atoms with van der Waals surface area (Å²) >= 11 is 1.59. The van der Waals surface area contributed by atoms with E-state index < -0.39 is 0 Å². The van der Waals surface area contributed by atoms with Crippen LogP contribution in [0, 0.1) is 13.8 Å². The smallest absolute Gasteiger partial charge is 0.143 e. The first-order valence-corrected chi connectivity index (χ1v) is 4.33. The molecule has 0 N–H and O–H groups in total. The molecule has 0 saturated heterocycles.